The Morgan fingerprint density at radius 1 is 1.33 bits per heavy atom. The van der Waals surface area contributed by atoms with Crippen molar-refractivity contribution in [1.29, 1.82) is 0 Å². The summed E-state index contributed by atoms with van der Waals surface area (Å²) in [7, 11) is 1.30. The molecule has 0 amide bonds. The van der Waals surface area contributed by atoms with E-state index in [-0.39, 0.29) is 11.5 Å². The molecule has 0 unspecified atom stereocenters. The first-order valence-electron chi connectivity index (χ1n) is 5.02. The number of hydrogen-bond donors (Lipinski definition) is 1. The third-order valence-electron chi connectivity index (χ3n) is 2.14. The summed E-state index contributed by atoms with van der Waals surface area (Å²) < 4.78 is 49.6. The molecule has 0 spiro atoms. The SMILES string of the molecule is CN(Cc1cc(F)cc(C(N)=S)c1)CC(F)(F)F. The standard InChI is InChI=1S/C11H12F4N2S/c1-17(6-11(13,14)15)5-7-2-8(10(16)18)4-9(12)3-7/h2-4H,5-6H2,1H3,(H2,16,18). The Balaban J connectivity index is 2.81. The molecule has 0 radical (unpaired) electrons. The second-order valence-electron chi connectivity index (χ2n) is 4.00. The molecule has 1 aromatic carbocycles. The van der Waals surface area contributed by atoms with Crippen molar-refractivity contribution in [3.63, 3.8) is 0 Å². The van der Waals surface area contributed by atoms with E-state index in [0.717, 1.165) is 17.0 Å². The largest absolute Gasteiger partial charge is 0.401 e. The highest BCUT2D eigenvalue weighted by Crippen LogP contribution is 2.18. The summed E-state index contributed by atoms with van der Waals surface area (Å²) in [5, 5.41) is 0. The lowest BCUT2D eigenvalue weighted by atomic mass is 10.1. The Bertz CT molecular complexity index is 445. The summed E-state index contributed by atoms with van der Waals surface area (Å²) >= 11 is 4.70. The second kappa shape index (κ2) is 5.62. The van der Waals surface area contributed by atoms with E-state index in [2.05, 4.69) is 0 Å². The van der Waals surface area contributed by atoms with Gasteiger partial charge in [0.2, 0.25) is 0 Å². The Morgan fingerprint density at radius 3 is 2.44 bits per heavy atom. The minimum atomic E-state index is -4.28. The monoisotopic (exact) mass is 280 g/mol. The maximum absolute atomic E-state index is 13.2. The van der Waals surface area contributed by atoms with Gasteiger partial charge in [-0.3, -0.25) is 4.90 Å². The molecule has 2 nitrogen and oxygen atoms in total. The van der Waals surface area contributed by atoms with Crippen molar-refractivity contribution in [2.75, 3.05) is 13.6 Å². The van der Waals surface area contributed by atoms with Gasteiger partial charge in [0, 0.05) is 12.1 Å². The van der Waals surface area contributed by atoms with Crippen LogP contribution >= 0.6 is 12.2 Å². The lowest BCUT2D eigenvalue weighted by Gasteiger charge is -2.18. The molecule has 1 rings (SSSR count). The fraction of sp³-hybridized carbons (Fsp3) is 0.364. The Hall–Kier alpha value is -1.21. The first kappa shape index (κ1) is 14.8. The Kier molecular flexibility index (Phi) is 4.64. The van der Waals surface area contributed by atoms with Gasteiger partial charge in [-0.1, -0.05) is 12.2 Å². The number of hydrogen-bond acceptors (Lipinski definition) is 2. The zero-order valence-electron chi connectivity index (χ0n) is 9.59. The maximum atomic E-state index is 13.2. The second-order valence-corrected chi connectivity index (χ2v) is 4.44. The Labute approximate surface area is 107 Å². The first-order chi connectivity index (χ1) is 8.17. The predicted molar refractivity (Wildman–Crippen MR) is 64.7 cm³/mol. The van der Waals surface area contributed by atoms with Crippen molar-refractivity contribution in [3.05, 3.63) is 35.1 Å². The Morgan fingerprint density at radius 2 is 1.94 bits per heavy atom. The van der Waals surface area contributed by atoms with E-state index in [1.165, 1.54) is 13.1 Å². The molecule has 100 valence electrons. The van der Waals surface area contributed by atoms with Crippen LogP contribution in [0.1, 0.15) is 11.1 Å². The highest BCUT2D eigenvalue weighted by molar-refractivity contribution is 7.80. The molecule has 7 heteroatoms. The molecule has 0 aliphatic heterocycles. The molecule has 0 heterocycles. The number of halogens is 4. The van der Waals surface area contributed by atoms with Gasteiger partial charge in [-0.05, 0) is 30.8 Å². The summed E-state index contributed by atoms with van der Waals surface area (Å²) in [5.74, 6) is -0.573. The van der Waals surface area contributed by atoms with Gasteiger partial charge in [-0.2, -0.15) is 13.2 Å². The highest BCUT2D eigenvalue weighted by atomic mass is 32.1. The molecule has 0 saturated heterocycles. The van der Waals surface area contributed by atoms with Gasteiger partial charge in [0.25, 0.3) is 0 Å². The molecule has 0 bridgehead atoms. The van der Waals surface area contributed by atoms with Gasteiger partial charge in [0.05, 0.1) is 6.54 Å². The molecule has 0 saturated carbocycles. The van der Waals surface area contributed by atoms with Gasteiger partial charge in [-0.25, -0.2) is 4.39 Å². The van der Waals surface area contributed by atoms with E-state index in [0.29, 0.717) is 11.1 Å². The third-order valence-corrected chi connectivity index (χ3v) is 2.38. The molecule has 0 fully saturated rings. The predicted octanol–water partition coefficient (Wildman–Crippen LogP) is 2.45. The number of thiocarbonyl (C=S) groups is 1. The fourth-order valence-corrected chi connectivity index (χ4v) is 1.68. The topological polar surface area (TPSA) is 29.3 Å². The van der Waals surface area contributed by atoms with Gasteiger partial charge in [-0.15, -0.1) is 0 Å². The number of nitrogens with two attached hydrogens (primary N) is 1. The fourth-order valence-electron chi connectivity index (χ4n) is 1.56. The van der Waals surface area contributed by atoms with Crippen LogP contribution in [-0.2, 0) is 6.54 Å². The van der Waals surface area contributed by atoms with E-state index in [1.807, 2.05) is 0 Å². The molecule has 0 aliphatic rings. The molecular formula is C11H12F4N2S. The summed E-state index contributed by atoms with van der Waals surface area (Å²) in [6.45, 7) is -1.10. The van der Waals surface area contributed by atoms with Crippen molar-refractivity contribution in [2.24, 2.45) is 5.73 Å². The van der Waals surface area contributed by atoms with Crippen molar-refractivity contribution >= 4 is 17.2 Å². The molecule has 1 aromatic rings. The van der Waals surface area contributed by atoms with Crippen LogP contribution in [0, 0.1) is 5.82 Å². The summed E-state index contributed by atoms with van der Waals surface area (Å²) in [5.41, 5.74) is 6.05. The van der Waals surface area contributed by atoms with Crippen molar-refractivity contribution in [1.82, 2.24) is 4.90 Å². The quantitative estimate of drug-likeness (QED) is 0.678. The number of alkyl halides is 3. The van der Waals surface area contributed by atoms with Crippen LogP contribution in [-0.4, -0.2) is 29.7 Å². The molecule has 0 aliphatic carbocycles. The van der Waals surface area contributed by atoms with Gasteiger partial charge in [0.15, 0.2) is 0 Å². The molecule has 0 aromatic heterocycles. The van der Waals surface area contributed by atoms with Crippen LogP contribution in [0.2, 0.25) is 0 Å². The van der Waals surface area contributed by atoms with Gasteiger partial charge < -0.3 is 5.73 Å². The normalized spacial score (nSPS) is 11.9. The van der Waals surface area contributed by atoms with Crippen LogP contribution < -0.4 is 5.73 Å². The van der Waals surface area contributed by atoms with E-state index in [9.17, 15) is 17.6 Å². The first-order valence-corrected chi connectivity index (χ1v) is 5.43. The number of nitrogens with zero attached hydrogens (tertiary/aromatic N) is 1. The van der Waals surface area contributed by atoms with Crippen LogP contribution in [0.5, 0.6) is 0 Å². The average molecular weight is 280 g/mol. The van der Waals surface area contributed by atoms with E-state index in [1.54, 1.807) is 0 Å². The minimum absolute atomic E-state index is 0.00854. The number of benzene rings is 1. The van der Waals surface area contributed by atoms with Crippen LogP contribution in [0.25, 0.3) is 0 Å². The third kappa shape index (κ3) is 4.97. The average Bonchev–Trinajstić information content (AvgIpc) is 2.12. The van der Waals surface area contributed by atoms with Gasteiger partial charge >= 0.3 is 6.18 Å². The summed E-state index contributed by atoms with van der Waals surface area (Å²) in [6.07, 6.45) is -4.28. The maximum Gasteiger partial charge on any atom is 0.401 e. The summed E-state index contributed by atoms with van der Waals surface area (Å²) in [6, 6.07) is 3.79. The smallest absolute Gasteiger partial charge is 0.389 e. The van der Waals surface area contributed by atoms with Crippen molar-refractivity contribution in [3.8, 4) is 0 Å². The van der Waals surface area contributed by atoms with Crippen molar-refractivity contribution in [2.45, 2.75) is 12.7 Å². The zero-order chi connectivity index (χ0) is 13.9. The van der Waals surface area contributed by atoms with E-state index in [4.69, 9.17) is 18.0 Å². The van der Waals surface area contributed by atoms with Crippen molar-refractivity contribution < 1.29 is 17.6 Å². The highest BCUT2D eigenvalue weighted by Gasteiger charge is 2.29. The van der Waals surface area contributed by atoms with Crippen LogP contribution in [0.15, 0.2) is 18.2 Å². The zero-order valence-corrected chi connectivity index (χ0v) is 10.4. The van der Waals surface area contributed by atoms with Crippen LogP contribution in [0.4, 0.5) is 17.6 Å². The lowest BCUT2D eigenvalue weighted by Crippen LogP contribution is -2.30. The lowest BCUT2D eigenvalue weighted by molar-refractivity contribution is -0.144. The molecular weight excluding hydrogens is 268 g/mol. The van der Waals surface area contributed by atoms with E-state index < -0.39 is 18.5 Å². The molecule has 0 atom stereocenters. The van der Waals surface area contributed by atoms with Crippen LogP contribution in [0.3, 0.4) is 0 Å². The van der Waals surface area contributed by atoms with E-state index >= 15 is 0 Å². The summed E-state index contributed by atoms with van der Waals surface area (Å²) in [4.78, 5) is 1.05. The number of rotatable bonds is 4. The molecule has 18 heavy (non-hydrogen) atoms. The van der Waals surface area contributed by atoms with Gasteiger partial charge in [0.1, 0.15) is 10.8 Å². The molecule has 2 N–H and O–H groups in total. The minimum Gasteiger partial charge on any atom is -0.389 e.